The number of aliphatic hydroxyl groups is 1. The van der Waals surface area contributed by atoms with Crippen LogP contribution in [0.3, 0.4) is 0 Å². The highest BCUT2D eigenvalue weighted by molar-refractivity contribution is 6.43. The Labute approximate surface area is 137 Å². The second-order valence-electron chi connectivity index (χ2n) is 8.69. The maximum Gasteiger partial charge on any atom is 0.186 e. The van der Waals surface area contributed by atoms with E-state index in [0.29, 0.717) is 29.9 Å². The summed E-state index contributed by atoms with van der Waals surface area (Å²) in [5, 5.41) is 22.5. The Bertz CT molecular complexity index is 610. The first-order chi connectivity index (χ1) is 10.9. The smallest absolute Gasteiger partial charge is 0.186 e. The lowest BCUT2D eigenvalue weighted by atomic mass is 9.48. The van der Waals surface area contributed by atoms with Gasteiger partial charge in [0.05, 0.1) is 6.10 Å². The molecule has 0 aromatic heterocycles. The molecule has 0 saturated heterocycles. The van der Waals surface area contributed by atoms with E-state index in [9.17, 15) is 15.1 Å². The van der Waals surface area contributed by atoms with E-state index in [1.807, 2.05) is 0 Å². The van der Waals surface area contributed by atoms with Crippen LogP contribution in [-0.2, 0) is 4.79 Å². The van der Waals surface area contributed by atoms with E-state index in [1.165, 1.54) is 5.57 Å². The van der Waals surface area contributed by atoms with Crippen molar-refractivity contribution in [2.45, 2.75) is 64.9 Å². The average Bonchev–Trinajstić information content (AvgIpc) is 2.79. The van der Waals surface area contributed by atoms with Crippen LogP contribution in [0.2, 0.25) is 0 Å². The summed E-state index contributed by atoms with van der Waals surface area (Å²) >= 11 is 0. The summed E-state index contributed by atoms with van der Waals surface area (Å²) in [5.41, 5.74) is 1.68. The number of allylic oxidation sites excluding steroid dienone is 1. The molecule has 2 N–H and O–H groups in total. The minimum absolute atomic E-state index is 0.0717. The number of rotatable bonds is 0. The van der Waals surface area contributed by atoms with Gasteiger partial charge in [-0.3, -0.25) is 4.79 Å². The average molecular weight is 317 g/mol. The van der Waals surface area contributed by atoms with Gasteiger partial charge in [-0.25, -0.2) is 0 Å². The number of hydrogen-bond acceptors (Lipinski definition) is 4. The van der Waals surface area contributed by atoms with Gasteiger partial charge in [-0.1, -0.05) is 30.7 Å². The van der Waals surface area contributed by atoms with Crippen molar-refractivity contribution in [1.29, 1.82) is 0 Å². The zero-order chi connectivity index (χ0) is 16.4. The zero-order valence-corrected chi connectivity index (χ0v) is 14.1. The largest absolute Gasteiger partial charge is 0.411 e. The van der Waals surface area contributed by atoms with Crippen LogP contribution in [0.1, 0.15) is 58.8 Å². The second kappa shape index (κ2) is 4.92. The van der Waals surface area contributed by atoms with Gasteiger partial charge in [0.1, 0.15) is 5.71 Å². The lowest BCUT2D eigenvalue weighted by Crippen LogP contribution is -2.50. The minimum atomic E-state index is -0.335. The standard InChI is InChI=1S/C19H27NO3/c1-18-7-5-12(21)9-11(18)3-4-13-14(18)6-8-19(2)15(13)10-16(20-23)17(19)22/h3,12-15,21,23H,4-10H2,1-2H3/b20-16-/t12-,13-,14+,15+,18+,19+/m1/s1. The summed E-state index contributed by atoms with van der Waals surface area (Å²) < 4.78 is 0. The normalized spacial score (nSPS) is 51.0. The molecular weight excluding hydrogens is 290 g/mol. The Morgan fingerprint density at radius 3 is 2.61 bits per heavy atom. The molecule has 4 rings (SSSR count). The Kier molecular flexibility index (Phi) is 3.29. The third-order valence-corrected chi connectivity index (χ3v) is 7.78. The predicted molar refractivity (Wildman–Crippen MR) is 87.3 cm³/mol. The third kappa shape index (κ3) is 1.93. The van der Waals surface area contributed by atoms with Gasteiger partial charge >= 0.3 is 0 Å². The van der Waals surface area contributed by atoms with Crippen molar-refractivity contribution in [3.63, 3.8) is 0 Å². The number of Topliss-reactive ketones (excluding diaryl/α,β-unsaturated/α-hetero) is 1. The number of ketones is 1. The topological polar surface area (TPSA) is 69.9 Å². The molecule has 0 unspecified atom stereocenters. The second-order valence-corrected chi connectivity index (χ2v) is 8.69. The first-order valence-electron chi connectivity index (χ1n) is 9.03. The summed E-state index contributed by atoms with van der Waals surface area (Å²) in [4.78, 5) is 12.6. The van der Waals surface area contributed by atoms with Crippen molar-refractivity contribution in [1.82, 2.24) is 0 Å². The minimum Gasteiger partial charge on any atom is -0.411 e. The molecule has 0 aromatic carbocycles. The highest BCUT2D eigenvalue weighted by Gasteiger charge is 2.60. The quantitative estimate of drug-likeness (QED) is 0.409. The summed E-state index contributed by atoms with van der Waals surface area (Å²) in [6.07, 6.45) is 8.57. The number of aliphatic hydroxyl groups excluding tert-OH is 1. The van der Waals surface area contributed by atoms with Crippen molar-refractivity contribution >= 4 is 11.5 Å². The zero-order valence-electron chi connectivity index (χ0n) is 14.1. The highest BCUT2D eigenvalue weighted by atomic mass is 16.4. The van der Waals surface area contributed by atoms with Gasteiger partial charge in [-0.15, -0.1) is 0 Å². The van der Waals surface area contributed by atoms with Crippen LogP contribution in [-0.4, -0.2) is 27.9 Å². The molecule has 3 fully saturated rings. The van der Waals surface area contributed by atoms with Crippen LogP contribution >= 0.6 is 0 Å². The number of fused-ring (bicyclic) bond motifs is 5. The van der Waals surface area contributed by atoms with Crippen molar-refractivity contribution in [2.24, 2.45) is 33.7 Å². The van der Waals surface area contributed by atoms with Gasteiger partial charge in [-0.05, 0) is 61.7 Å². The maximum atomic E-state index is 12.6. The van der Waals surface area contributed by atoms with Crippen LogP contribution in [0, 0.1) is 28.6 Å². The van der Waals surface area contributed by atoms with E-state index < -0.39 is 0 Å². The van der Waals surface area contributed by atoms with Crippen molar-refractivity contribution in [3.8, 4) is 0 Å². The molecular formula is C19H27NO3. The molecule has 126 valence electrons. The van der Waals surface area contributed by atoms with Gasteiger partial charge in [0.15, 0.2) is 5.78 Å². The first kappa shape index (κ1) is 15.4. The van der Waals surface area contributed by atoms with Crippen molar-refractivity contribution in [3.05, 3.63) is 11.6 Å². The molecule has 23 heavy (non-hydrogen) atoms. The van der Waals surface area contributed by atoms with E-state index in [4.69, 9.17) is 0 Å². The summed E-state index contributed by atoms with van der Waals surface area (Å²) in [6, 6.07) is 0. The Morgan fingerprint density at radius 1 is 1.13 bits per heavy atom. The van der Waals surface area contributed by atoms with Gasteiger partial charge in [0.25, 0.3) is 0 Å². The summed E-state index contributed by atoms with van der Waals surface area (Å²) in [7, 11) is 0. The Hall–Kier alpha value is -1.16. The van der Waals surface area contributed by atoms with E-state index in [1.54, 1.807) is 0 Å². The molecule has 0 radical (unpaired) electrons. The summed E-state index contributed by atoms with van der Waals surface area (Å²) in [5.74, 6) is 1.48. The molecule has 4 aliphatic rings. The third-order valence-electron chi connectivity index (χ3n) is 7.78. The molecule has 0 aliphatic heterocycles. The molecule has 6 atom stereocenters. The molecule has 3 saturated carbocycles. The van der Waals surface area contributed by atoms with Crippen LogP contribution in [0.15, 0.2) is 16.8 Å². The molecule has 4 heteroatoms. The molecule has 0 amide bonds. The molecule has 0 bridgehead atoms. The van der Waals surface area contributed by atoms with Gasteiger partial charge in [-0.2, -0.15) is 0 Å². The lowest BCUT2D eigenvalue weighted by Gasteiger charge is -2.56. The molecule has 0 aromatic rings. The van der Waals surface area contributed by atoms with Crippen LogP contribution in [0.4, 0.5) is 0 Å². The van der Waals surface area contributed by atoms with E-state index >= 15 is 0 Å². The lowest BCUT2D eigenvalue weighted by molar-refractivity contribution is -0.128. The first-order valence-corrected chi connectivity index (χ1v) is 9.03. The molecule has 0 spiro atoms. The monoisotopic (exact) mass is 317 g/mol. The number of carbonyl (C=O) groups excluding carboxylic acids is 1. The summed E-state index contributed by atoms with van der Waals surface area (Å²) in [6.45, 7) is 4.46. The molecule has 4 aliphatic carbocycles. The fourth-order valence-corrected chi connectivity index (χ4v) is 6.34. The van der Waals surface area contributed by atoms with Crippen molar-refractivity contribution in [2.75, 3.05) is 0 Å². The van der Waals surface area contributed by atoms with E-state index in [2.05, 4.69) is 25.1 Å². The number of carbonyl (C=O) groups is 1. The van der Waals surface area contributed by atoms with Gasteiger partial charge in [0.2, 0.25) is 0 Å². The van der Waals surface area contributed by atoms with Crippen LogP contribution in [0.25, 0.3) is 0 Å². The number of nitrogens with zero attached hydrogens (tertiary/aromatic N) is 1. The fourth-order valence-electron chi connectivity index (χ4n) is 6.34. The predicted octanol–water partition coefficient (Wildman–Crippen LogP) is 3.32. The number of hydrogen-bond donors (Lipinski definition) is 2. The van der Waals surface area contributed by atoms with Gasteiger partial charge < -0.3 is 10.3 Å². The van der Waals surface area contributed by atoms with Crippen molar-refractivity contribution < 1.29 is 15.1 Å². The number of oxime groups is 1. The molecule has 0 heterocycles. The maximum absolute atomic E-state index is 12.6. The SMILES string of the molecule is C[C@]12CC[C@@H](O)CC1=CC[C@@H]1[C@@H]2CC[C@]2(C)C(=O)/C(=N\O)C[C@@H]12. The Balaban J connectivity index is 1.71. The highest BCUT2D eigenvalue weighted by Crippen LogP contribution is 2.63. The van der Waals surface area contributed by atoms with Gasteiger partial charge in [0, 0.05) is 11.8 Å². The van der Waals surface area contributed by atoms with Crippen LogP contribution < -0.4 is 0 Å². The fraction of sp³-hybridized carbons (Fsp3) is 0.789. The van der Waals surface area contributed by atoms with Crippen LogP contribution in [0.5, 0.6) is 0 Å². The Morgan fingerprint density at radius 2 is 1.87 bits per heavy atom. The molecule has 4 nitrogen and oxygen atoms in total. The van der Waals surface area contributed by atoms with E-state index in [0.717, 1.165) is 38.5 Å². The van der Waals surface area contributed by atoms with E-state index in [-0.39, 0.29) is 22.7 Å².